The molecule has 5 aliphatic carbocycles. The van der Waals surface area contributed by atoms with Crippen LogP contribution in [0.1, 0.15) is 127 Å². The van der Waals surface area contributed by atoms with Gasteiger partial charge in [0.05, 0.1) is 50.2 Å². The van der Waals surface area contributed by atoms with Gasteiger partial charge in [-0.05, 0) is 123 Å². The Labute approximate surface area is 540 Å². The van der Waals surface area contributed by atoms with E-state index in [0.717, 1.165) is 12.8 Å². The predicted molar refractivity (Wildman–Crippen MR) is 313 cm³/mol. The molecule has 0 aromatic carbocycles. The molecule has 0 aromatic heterocycles. The molecule has 0 aromatic rings. The van der Waals surface area contributed by atoms with E-state index in [-0.39, 0.29) is 34.0 Å². The fraction of sp³-hybridized carbons (Fsp3) is 0.953. The summed E-state index contributed by atoms with van der Waals surface area (Å²) < 4.78 is 72.8. The van der Waals surface area contributed by atoms with Gasteiger partial charge in [0, 0.05) is 0 Å². The van der Waals surface area contributed by atoms with Crippen LogP contribution < -0.4 is 0 Å². The Morgan fingerprint density at radius 3 is 1.68 bits per heavy atom. The van der Waals surface area contributed by atoms with Crippen molar-refractivity contribution in [1.29, 1.82) is 0 Å². The highest BCUT2D eigenvalue weighted by atomic mass is 16.8. The van der Waals surface area contributed by atoms with Crippen molar-refractivity contribution in [3.8, 4) is 0 Å². The second-order valence-electron chi connectivity index (χ2n) is 31.0. The van der Waals surface area contributed by atoms with E-state index in [1.54, 1.807) is 0 Å². The minimum absolute atomic E-state index is 0.0503. The number of carbonyl (C=O) groups excluding carboxylic acids is 1. The number of allylic oxidation sites excluding steroid dienone is 2. The van der Waals surface area contributed by atoms with Gasteiger partial charge in [0.1, 0.15) is 116 Å². The topological polar surface area (TPSA) is 452 Å². The zero-order valence-corrected chi connectivity index (χ0v) is 54.4. The second kappa shape index (κ2) is 26.9. The van der Waals surface area contributed by atoms with Gasteiger partial charge in [-0.2, -0.15) is 0 Å². The summed E-state index contributed by atoms with van der Waals surface area (Å²) in [7, 11) is 0. The molecular formula is C64H104O29. The summed E-state index contributed by atoms with van der Waals surface area (Å²) in [6.45, 7) is 16.4. The molecule has 0 spiro atoms. The first kappa shape index (κ1) is 72.4. The average molecular weight is 1340 g/mol. The van der Waals surface area contributed by atoms with Crippen LogP contribution in [-0.2, 0) is 61.6 Å². The van der Waals surface area contributed by atoms with E-state index >= 15 is 4.79 Å². The van der Waals surface area contributed by atoms with E-state index in [9.17, 15) is 81.7 Å². The summed E-state index contributed by atoms with van der Waals surface area (Å²) >= 11 is 0. The first-order valence-electron chi connectivity index (χ1n) is 33.4. The van der Waals surface area contributed by atoms with E-state index < -0.39 is 227 Å². The molecule has 11 rings (SSSR count). The van der Waals surface area contributed by atoms with E-state index in [2.05, 4.69) is 54.5 Å². The van der Waals surface area contributed by atoms with Crippen LogP contribution in [0.25, 0.3) is 0 Å². The standard InChI is InChI=1S/C64H104O29/c1-25-36(69)40(73)44(77)53(84-25)92-51-47(80)49(90-52-43(76)37(70)29(67)23-82-52)32(22-66)87-57(51)88-35-13-14-61(7)33(60(35,5)6)12-15-63(9)34(61)11-10-27-28-20-59(3,4)16-18-64(28,19-17-62(27,63)8)58(81)93-56-50(38(71)30(68)24-83-56)91-54-46(79)42(75)48(26(2)85-54)89-55-45(78)41(74)39(72)31(21-65)86-55/h10,25-26,28-57,65-80H,11-24H2,1-9H3/t25-,26-,28-,29+,30-,31+,32+,33-,34+,35-,36-,37-,38-,39+,40+,41-,42-,43+,44+,45+,46+,47-,48-,49+,50+,51+,52-,53-,54-,55-,56-,57-,61-,62+,63+,64-/m0/s1. The molecule has 534 valence electrons. The van der Waals surface area contributed by atoms with Crippen molar-refractivity contribution in [3.63, 3.8) is 0 Å². The van der Waals surface area contributed by atoms with Gasteiger partial charge in [0.25, 0.3) is 0 Å². The summed E-state index contributed by atoms with van der Waals surface area (Å²) in [5.41, 5.74) is -1.58. The Morgan fingerprint density at radius 1 is 0.484 bits per heavy atom. The van der Waals surface area contributed by atoms with Crippen LogP contribution in [0.5, 0.6) is 0 Å². The number of ether oxygens (including phenoxy) is 12. The molecule has 10 fully saturated rings. The zero-order chi connectivity index (χ0) is 67.7. The van der Waals surface area contributed by atoms with E-state index in [0.29, 0.717) is 51.4 Å². The summed E-state index contributed by atoms with van der Waals surface area (Å²) in [6, 6.07) is 0. The van der Waals surface area contributed by atoms with Crippen molar-refractivity contribution in [2.24, 2.45) is 50.2 Å². The highest BCUT2D eigenvalue weighted by molar-refractivity contribution is 5.79. The van der Waals surface area contributed by atoms with Crippen LogP contribution in [0.2, 0.25) is 0 Å². The number of aliphatic hydroxyl groups excluding tert-OH is 16. The maximum atomic E-state index is 15.5. The van der Waals surface area contributed by atoms with Crippen molar-refractivity contribution < 1.29 is 143 Å². The van der Waals surface area contributed by atoms with Gasteiger partial charge in [0.2, 0.25) is 6.29 Å². The molecule has 6 saturated heterocycles. The Morgan fingerprint density at radius 2 is 1.02 bits per heavy atom. The van der Waals surface area contributed by atoms with E-state index in [1.165, 1.54) is 19.4 Å². The van der Waals surface area contributed by atoms with Crippen molar-refractivity contribution >= 4 is 5.97 Å². The van der Waals surface area contributed by atoms with Crippen LogP contribution >= 0.6 is 0 Å². The normalized spacial score (nSPS) is 54.7. The lowest BCUT2D eigenvalue weighted by molar-refractivity contribution is -0.391. The van der Waals surface area contributed by atoms with Crippen LogP contribution in [-0.4, -0.2) is 292 Å². The third-order valence-corrected chi connectivity index (χ3v) is 24.8. The van der Waals surface area contributed by atoms with E-state index in [1.807, 2.05) is 0 Å². The highest BCUT2D eigenvalue weighted by Gasteiger charge is 2.71. The lowest BCUT2D eigenvalue weighted by atomic mass is 9.33. The van der Waals surface area contributed by atoms with Crippen LogP contribution in [0.4, 0.5) is 0 Å². The molecule has 29 nitrogen and oxygen atoms in total. The smallest absolute Gasteiger partial charge is 0.315 e. The molecule has 6 heterocycles. The number of hydrogen-bond donors (Lipinski definition) is 16. The molecule has 36 atom stereocenters. The SMILES string of the molecule is C[C@@H]1O[C@@H](O[C@H]2[C@H](O[C@H]3CC[C@]4(C)[C@H]5CC=C6[C@@H]7CC(C)(C)CC[C@]7(C(=O)O[C@@H]7OC[C@H](O)[C@H](O)[C@H]7O[C@@H]7O[C@@H](C)[C@H](O[C@@H]8O[C@H](CO)[C@@H](O)[C@H](O)[C@H]8O)[C@@H](O)[C@H]7O)CC[C@@]6(C)[C@]5(C)CC[C@H]4C3(C)C)O[C@H](CO)[C@@H](O[C@@H]3OC[C@@H](O)[C@H](O)[C@H]3O)[C@@H]2O)[C@H](O)[C@H](O)[C@H]1O. The van der Waals surface area contributed by atoms with Gasteiger partial charge in [-0.15, -0.1) is 0 Å². The van der Waals surface area contributed by atoms with Gasteiger partial charge in [-0.1, -0.05) is 60.1 Å². The summed E-state index contributed by atoms with van der Waals surface area (Å²) in [4.78, 5) is 15.5. The molecule has 29 heteroatoms. The van der Waals surface area contributed by atoms with Gasteiger partial charge < -0.3 is 139 Å². The maximum Gasteiger partial charge on any atom is 0.315 e. The maximum absolute atomic E-state index is 15.5. The molecule has 11 aliphatic rings. The van der Waals surface area contributed by atoms with Crippen molar-refractivity contribution in [2.75, 3.05) is 26.4 Å². The van der Waals surface area contributed by atoms with Crippen molar-refractivity contribution in [1.82, 2.24) is 0 Å². The molecule has 6 aliphatic heterocycles. The van der Waals surface area contributed by atoms with Gasteiger partial charge in [0.15, 0.2) is 37.6 Å². The quantitative estimate of drug-likeness (QED) is 0.0467. The lowest BCUT2D eigenvalue weighted by Gasteiger charge is -2.71. The Hall–Kier alpha value is -1.87. The average Bonchev–Trinajstić information content (AvgIpc) is 0.676. The highest BCUT2D eigenvalue weighted by Crippen LogP contribution is 2.76. The molecule has 0 radical (unpaired) electrons. The van der Waals surface area contributed by atoms with E-state index in [4.69, 9.17) is 56.8 Å². The molecule has 16 N–H and O–H groups in total. The lowest BCUT2D eigenvalue weighted by Crippen LogP contribution is -2.67. The van der Waals surface area contributed by atoms with Crippen LogP contribution in [0, 0.1) is 50.2 Å². The summed E-state index contributed by atoms with van der Waals surface area (Å²) in [5, 5.41) is 173. The van der Waals surface area contributed by atoms with Crippen molar-refractivity contribution in [2.45, 2.75) is 305 Å². The Kier molecular flexibility index (Phi) is 20.9. The first-order valence-corrected chi connectivity index (χ1v) is 33.4. The molecule has 4 saturated carbocycles. The van der Waals surface area contributed by atoms with Gasteiger partial charge in [-0.3, -0.25) is 4.79 Å². The van der Waals surface area contributed by atoms with Gasteiger partial charge in [-0.25, -0.2) is 0 Å². The largest absolute Gasteiger partial charge is 0.432 e. The molecule has 0 unspecified atom stereocenters. The number of fused-ring (bicyclic) bond motifs is 7. The first-order chi connectivity index (χ1) is 43.6. The number of rotatable bonds is 14. The minimum atomic E-state index is -1.92. The predicted octanol–water partition coefficient (Wildman–Crippen LogP) is -3.05. The summed E-state index contributed by atoms with van der Waals surface area (Å²) in [6.07, 6.45) is -36.4. The Balaban J connectivity index is 0.808. The number of carbonyl (C=O) groups is 1. The minimum Gasteiger partial charge on any atom is -0.432 e. The Bertz CT molecular complexity index is 2620. The monoisotopic (exact) mass is 1340 g/mol. The molecule has 0 bridgehead atoms. The third kappa shape index (κ3) is 12.4. The number of aliphatic hydroxyl groups is 16. The fourth-order valence-corrected chi connectivity index (χ4v) is 18.8. The molecule has 0 amide bonds. The van der Waals surface area contributed by atoms with Crippen LogP contribution in [0.15, 0.2) is 11.6 Å². The fourth-order valence-electron chi connectivity index (χ4n) is 18.8. The molecule has 93 heavy (non-hydrogen) atoms. The number of esters is 1. The summed E-state index contributed by atoms with van der Waals surface area (Å²) in [5.74, 6) is -0.645. The molecular weight excluding hydrogens is 1230 g/mol. The van der Waals surface area contributed by atoms with Gasteiger partial charge >= 0.3 is 5.97 Å². The second-order valence-corrected chi connectivity index (χ2v) is 31.0. The number of hydrogen-bond acceptors (Lipinski definition) is 29. The van der Waals surface area contributed by atoms with Crippen LogP contribution in [0.3, 0.4) is 0 Å². The zero-order valence-electron chi connectivity index (χ0n) is 54.4. The third-order valence-electron chi connectivity index (χ3n) is 24.8. The van der Waals surface area contributed by atoms with Crippen molar-refractivity contribution in [3.05, 3.63) is 11.6 Å².